The molecular weight excluding hydrogens is 284 g/mol. The summed E-state index contributed by atoms with van der Waals surface area (Å²) in [7, 11) is 0. The molecule has 7 nitrogen and oxygen atoms in total. The van der Waals surface area contributed by atoms with Gasteiger partial charge in [0.1, 0.15) is 11.9 Å². The highest BCUT2D eigenvalue weighted by Crippen LogP contribution is 2.21. The van der Waals surface area contributed by atoms with Crippen molar-refractivity contribution in [3.8, 4) is 0 Å². The summed E-state index contributed by atoms with van der Waals surface area (Å²) in [6, 6.07) is 0. The van der Waals surface area contributed by atoms with Crippen LogP contribution in [-0.4, -0.2) is 58.4 Å². The van der Waals surface area contributed by atoms with Crippen LogP contribution in [-0.2, 0) is 20.7 Å². The van der Waals surface area contributed by atoms with Crippen LogP contribution in [0.3, 0.4) is 0 Å². The molecule has 3 heterocycles. The SMILES string of the molecule is CCc1nc([C@@H]2CN(C(=O)CC[C@H]3CCCO3)CCO2)n[nH]1. The Hall–Kier alpha value is -1.47. The molecule has 2 aliphatic rings. The topological polar surface area (TPSA) is 80.3 Å². The van der Waals surface area contributed by atoms with Gasteiger partial charge in [-0.3, -0.25) is 9.89 Å². The number of nitrogens with one attached hydrogen (secondary N) is 1. The number of aromatic nitrogens is 3. The summed E-state index contributed by atoms with van der Waals surface area (Å²) >= 11 is 0. The zero-order valence-electron chi connectivity index (χ0n) is 13.1. The summed E-state index contributed by atoms with van der Waals surface area (Å²) in [6.07, 6.45) is 4.41. The molecule has 122 valence electrons. The lowest BCUT2D eigenvalue weighted by atomic mass is 10.1. The van der Waals surface area contributed by atoms with Gasteiger partial charge < -0.3 is 14.4 Å². The fourth-order valence-electron chi connectivity index (χ4n) is 2.96. The number of carbonyl (C=O) groups excluding carboxylic acids is 1. The molecule has 2 atom stereocenters. The molecule has 0 aromatic carbocycles. The minimum absolute atomic E-state index is 0.176. The summed E-state index contributed by atoms with van der Waals surface area (Å²) < 4.78 is 11.3. The summed E-state index contributed by atoms with van der Waals surface area (Å²) in [5, 5.41) is 7.09. The largest absolute Gasteiger partial charge is 0.378 e. The number of aryl methyl sites for hydroxylation is 1. The van der Waals surface area contributed by atoms with Gasteiger partial charge in [-0.25, -0.2) is 4.98 Å². The lowest BCUT2D eigenvalue weighted by Gasteiger charge is -2.32. The maximum atomic E-state index is 12.4. The van der Waals surface area contributed by atoms with E-state index in [1.165, 1.54) is 0 Å². The zero-order valence-corrected chi connectivity index (χ0v) is 13.1. The highest BCUT2D eigenvalue weighted by atomic mass is 16.5. The molecular formula is C15H24N4O3. The lowest BCUT2D eigenvalue weighted by Crippen LogP contribution is -2.42. The third-order valence-electron chi connectivity index (χ3n) is 4.30. The van der Waals surface area contributed by atoms with E-state index in [2.05, 4.69) is 15.2 Å². The van der Waals surface area contributed by atoms with Crippen LogP contribution >= 0.6 is 0 Å². The summed E-state index contributed by atoms with van der Waals surface area (Å²) in [5.41, 5.74) is 0. The number of hydrogen-bond donors (Lipinski definition) is 1. The number of ether oxygens (including phenoxy) is 2. The van der Waals surface area contributed by atoms with Crippen LogP contribution in [0.2, 0.25) is 0 Å². The van der Waals surface area contributed by atoms with Crippen LogP contribution in [0.5, 0.6) is 0 Å². The molecule has 1 amide bonds. The van der Waals surface area contributed by atoms with Crippen molar-refractivity contribution in [2.45, 2.75) is 51.2 Å². The molecule has 2 saturated heterocycles. The molecule has 0 radical (unpaired) electrons. The second kappa shape index (κ2) is 7.19. The Morgan fingerprint density at radius 3 is 3.05 bits per heavy atom. The molecule has 0 bridgehead atoms. The highest BCUT2D eigenvalue weighted by Gasteiger charge is 2.28. The van der Waals surface area contributed by atoms with Crippen molar-refractivity contribution in [2.24, 2.45) is 0 Å². The van der Waals surface area contributed by atoms with Gasteiger partial charge in [-0.1, -0.05) is 6.92 Å². The van der Waals surface area contributed by atoms with E-state index < -0.39 is 0 Å². The van der Waals surface area contributed by atoms with Crippen molar-refractivity contribution in [3.05, 3.63) is 11.6 Å². The molecule has 2 fully saturated rings. The Labute approximate surface area is 130 Å². The van der Waals surface area contributed by atoms with Crippen LogP contribution in [0.4, 0.5) is 0 Å². The highest BCUT2D eigenvalue weighted by molar-refractivity contribution is 5.76. The monoisotopic (exact) mass is 308 g/mol. The van der Waals surface area contributed by atoms with Crippen molar-refractivity contribution in [1.82, 2.24) is 20.1 Å². The third kappa shape index (κ3) is 3.64. The van der Waals surface area contributed by atoms with Gasteiger partial charge in [-0.05, 0) is 19.3 Å². The summed E-state index contributed by atoms with van der Waals surface area (Å²) in [6.45, 7) is 4.57. The van der Waals surface area contributed by atoms with Gasteiger partial charge in [0.2, 0.25) is 5.91 Å². The van der Waals surface area contributed by atoms with Crippen molar-refractivity contribution >= 4 is 5.91 Å². The molecule has 3 rings (SSSR count). The van der Waals surface area contributed by atoms with E-state index in [9.17, 15) is 4.79 Å². The van der Waals surface area contributed by atoms with Gasteiger partial charge in [0.25, 0.3) is 0 Å². The summed E-state index contributed by atoms with van der Waals surface area (Å²) in [5.74, 6) is 1.67. The molecule has 2 aliphatic heterocycles. The predicted octanol–water partition coefficient (Wildman–Crippen LogP) is 1.23. The van der Waals surface area contributed by atoms with Crippen LogP contribution in [0, 0.1) is 0 Å². The number of rotatable bonds is 5. The number of amides is 1. The van der Waals surface area contributed by atoms with Crippen molar-refractivity contribution in [2.75, 3.05) is 26.3 Å². The molecule has 0 spiro atoms. The Balaban J connectivity index is 1.51. The van der Waals surface area contributed by atoms with E-state index in [4.69, 9.17) is 9.47 Å². The van der Waals surface area contributed by atoms with Crippen molar-refractivity contribution < 1.29 is 14.3 Å². The quantitative estimate of drug-likeness (QED) is 0.885. The first-order valence-electron chi connectivity index (χ1n) is 8.18. The Morgan fingerprint density at radius 2 is 2.32 bits per heavy atom. The zero-order chi connectivity index (χ0) is 15.4. The molecule has 0 aliphatic carbocycles. The van der Waals surface area contributed by atoms with E-state index in [1.807, 2.05) is 11.8 Å². The molecule has 1 N–H and O–H groups in total. The first-order valence-corrected chi connectivity index (χ1v) is 8.18. The van der Waals surface area contributed by atoms with Gasteiger partial charge in [0.15, 0.2) is 5.82 Å². The van der Waals surface area contributed by atoms with Gasteiger partial charge in [0, 0.05) is 26.0 Å². The smallest absolute Gasteiger partial charge is 0.222 e. The van der Waals surface area contributed by atoms with Crippen molar-refractivity contribution in [1.29, 1.82) is 0 Å². The first-order chi connectivity index (χ1) is 10.8. The lowest BCUT2D eigenvalue weighted by molar-refractivity contribution is -0.139. The first kappa shape index (κ1) is 15.4. The number of carbonyl (C=O) groups is 1. The maximum Gasteiger partial charge on any atom is 0.222 e. The predicted molar refractivity (Wildman–Crippen MR) is 79.2 cm³/mol. The fourth-order valence-corrected chi connectivity index (χ4v) is 2.96. The standard InChI is InChI=1S/C15H24N4O3/c1-2-13-16-15(18-17-13)12-10-19(7-9-22-12)14(20)6-5-11-4-3-8-21-11/h11-12H,2-10H2,1H3,(H,16,17,18)/t11-,12+/m1/s1. The molecule has 22 heavy (non-hydrogen) atoms. The number of hydrogen-bond acceptors (Lipinski definition) is 5. The maximum absolute atomic E-state index is 12.4. The number of nitrogens with zero attached hydrogens (tertiary/aromatic N) is 3. The average Bonchev–Trinajstić information content (AvgIpc) is 3.24. The molecule has 7 heteroatoms. The minimum Gasteiger partial charge on any atom is -0.378 e. The van der Waals surface area contributed by atoms with E-state index in [-0.39, 0.29) is 18.1 Å². The average molecular weight is 308 g/mol. The number of H-pyrrole nitrogens is 1. The second-order valence-electron chi connectivity index (χ2n) is 5.87. The third-order valence-corrected chi connectivity index (χ3v) is 4.30. The number of aromatic amines is 1. The number of morpholine rings is 1. The Morgan fingerprint density at radius 1 is 1.41 bits per heavy atom. The van der Waals surface area contributed by atoms with Crippen LogP contribution in [0.25, 0.3) is 0 Å². The minimum atomic E-state index is -0.225. The second-order valence-corrected chi connectivity index (χ2v) is 5.87. The van der Waals surface area contributed by atoms with Gasteiger partial charge in [0.05, 0.1) is 19.3 Å². The Kier molecular flexibility index (Phi) is 5.04. The molecule has 0 unspecified atom stereocenters. The van der Waals surface area contributed by atoms with E-state index in [0.29, 0.717) is 31.9 Å². The molecule has 0 saturated carbocycles. The van der Waals surface area contributed by atoms with E-state index in [0.717, 1.165) is 38.1 Å². The molecule has 1 aromatic rings. The van der Waals surface area contributed by atoms with Gasteiger partial charge in [-0.2, -0.15) is 5.10 Å². The van der Waals surface area contributed by atoms with Crippen molar-refractivity contribution in [3.63, 3.8) is 0 Å². The molecule has 1 aromatic heterocycles. The van der Waals surface area contributed by atoms with Gasteiger partial charge in [-0.15, -0.1) is 0 Å². The van der Waals surface area contributed by atoms with E-state index in [1.54, 1.807) is 0 Å². The van der Waals surface area contributed by atoms with Crippen LogP contribution in [0.15, 0.2) is 0 Å². The Bertz CT molecular complexity index is 499. The fraction of sp³-hybridized carbons (Fsp3) is 0.800. The summed E-state index contributed by atoms with van der Waals surface area (Å²) in [4.78, 5) is 18.6. The normalized spacial score (nSPS) is 25.6. The van der Waals surface area contributed by atoms with Crippen LogP contribution < -0.4 is 0 Å². The van der Waals surface area contributed by atoms with Crippen LogP contribution in [0.1, 0.15) is 50.4 Å². The van der Waals surface area contributed by atoms with E-state index >= 15 is 0 Å². The van der Waals surface area contributed by atoms with Gasteiger partial charge >= 0.3 is 0 Å².